The maximum atomic E-state index is 12.6. The van der Waals surface area contributed by atoms with Crippen LogP contribution in [0.4, 0.5) is 0 Å². The Kier molecular flexibility index (Phi) is 12.6. The number of ether oxygens (including phenoxy) is 4. The molecule has 0 bridgehead atoms. The van der Waals surface area contributed by atoms with Crippen molar-refractivity contribution in [2.75, 3.05) is 19.8 Å². The lowest BCUT2D eigenvalue weighted by Crippen LogP contribution is -2.11. The highest BCUT2D eigenvalue weighted by molar-refractivity contribution is 5.91. The van der Waals surface area contributed by atoms with Crippen LogP contribution in [0.5, 0.6) is 11.5 Å². The Morgan fingerprint density at radius 1 is 0.707 bits per heavy atom. The monoisotopic (exact) mass is 558 g/mol. The number of esters is 3. The molecule has 216 valence electrons. The second kappa shape index (κ2) is 16.7. The zero-order valence-electron chi connectivity index (χ0n) is 23.8. The lowest BCUT2D eigenvalue weighted by molar-refractivity contribution is -0.137. The number of hydrogen-bond donors (Lipinski definition) is 0. The molecule has 0 amide bonds. The summed E-state index contributed by atoms with van der Waals surface area (Å²) in [4.78, 5) is 35.8. The summed E-state index contributed by atoms with van der Waals surface area (Å²) >= 11 is 0. The number of unbranched alkanes of at least 4 members (excludes halogenated alkanes) is 3. The molecule has 0 aliphatic rings. The molecule has 1 atom stereocenters. The molecular formula is C34H38O7. The van der Waals surface area contributed by atoms with Gasteiger partial charge in [-0.2, -0.15) is 0 Å². The summed E-state index contributed by atoms with van der Waals surface area (Å²) in [5.41, 5.74) is 2.80. The van der Waals surface area contributed by atoms with Crippen LogP contribution >= 0.6 is 0 Å². The Hall–Kier alpha value is -4.39. The number of carbonyl (C=O) groups is 3. The van der Waals surface area contributed by atoms with Crippen molar-refractivity contribution in [2.24, 2.45) is 5.92 Å². The maximum Gasteiger partial charge on any atom is 0.343 e. The zero-order chi connectivity index (χ0) is 29.5. The van der Waals surface area contributed by atoms with E-state index in [1.165, 1.54) is 0 Å². The van der Waals surface area contributed by atoms with E-state index < -0.39 is 11.9 Å². The van der Waals surface area contributed by atoms with Crippen LogP contribution in [0.1, 0.15) is 66.7 Å². The zero-order valence-corrected chi connectivity index (χ0v) is 23.8. The second-order valence-corrected chi connectivity index (χ2v) is 9.76. The van der Waals surface area contributed by atoms with E-state index in [-0.39, 0.29) is 5.97 Å². The van der Waals surface area contributed by atoms with Gasteiger partial charge < -0.3 is 18.9 Å². The highest BCUT2D eigenvalue weighted by Crippen LogP contribution is 2.24. The standard InChI is InChI=1S/C34H38O7/c1-4-25(3)24-40-33(36)28-12-10-26(11-13-28)27-14-20-31(21-15-27)41-34(37)29-16-18-30(19-17-29)38-22-8-6-7-9-23-39-32(35)5-2/h5,10-21,25H,2,4,6-9,22-24H2,1,3H3. The SMILES string of the molecule is C=CC(=O)OCCCCCCOc1ccc(C(=O)Oc2ccc(-c3ccc(C(=O)OCC(C)CC)cc3)cc2)cc1. The molecule has 3 aromatic carbocycles. The van der Waals surface area contributed by atoms with E-state index in [0.29, 0.717) is 48.4 Å². The van der Waals surface area contributed by atoms with Gasteiger partial charge in [-0.15, -0.1) is 0 Å². The van der Waals surface area contributed by atoms with Crippen molar-refractivity contribution in [3.8, 4) is 22.6 Å². The van der Waals surface area contributed by atoms with Crippen LogP contribution in [-0.2, 0) is 14.3 Å². The van der Waals surface area contributed by atoms with E-state index >= 15 is 0 Å². The molecule has 0 saturated carbocycles. The van der Waals surface area contributed by atoms with Crippen LogP contribution in [0.15, 0.2) is 85.5 Å². The first-order chi connectivity index (χ1) is 19.9. The van der Waals surface area contributed by atoms with E-state index in [4.69, 9.17) is 18.9 Å². The Morgan fingerprint density at radius 3 is 1.85 bits per heavy atom. The number of benzene rings is 3. The Balaban J connectivity index is 1.41. The average molecular weight is 559 g/mol. The van der Waals surface area contributed by atoms with Crippen molar-refractivity contribution in [3.63, 3.8) is 0 Å². The molecule has 0 heterocycles. The van der Waals surface area contributed by atoms with Gasteiger partial charge in [-0.05, 0) is 91.3 Å². The predicted octanol–water partition coefficient (Wildman–Crippen LogP) is 7.44. The van der Waals surface area contributed by atoms with Gasteiger partial charge in [-0.25, -0.2) is 14.4 Å². The minimum atomic E-state index is -0.457. The van der Waals surface area contributed by atoms with Gasteiger partial charge in [0, 0.05) is 6.08 Å². The summed E-state index contributed by atoms with van der Waals surface area (Å²) in [5, 5.41) is 0. The van der Waals surface area contributed by atoms with E-state index in [0.717, 1.165) is 49.3 Å². The Labute approximate surface area is 242 Å². The first-order valence-corrected chi connectivity index (χ1v) is 14.0. The van der Waals surface area contributed by atoms with Crippen molar-refractivity contribution in [3.05, 3.63) is 96.6 Å². The van der Waals surface area contributed by atoms with Gasteiger partial charge >= 0.3 is 17.9 Å². The fourth-order valence-electron chi connectivity index (χ4n) is 3.77. The molecule has 7 nitrogen and oxygen atoms in total. The van der Waals surface area contributed by atoms with Crippen LogP contribution in [-0.4, -0.2) is 37.7 Å². The van der Waals surface area contributed by atoms with E-state index in [9.17, 15) is 14.4 Å². The van der Waals surface area contributed by atoms with Crippen LogP contribution < -0.4 is 9.47 Å². The number of rotatable bonds is 16. The van der Waals surface area contributed by atoms with Crippen molar-refractivity contribution in [1.29, 1.82) is 0 Å². The van der Waals surface area contributed by atoms with Gasteiger partial charge in [-0.3, -0.25) is 0 Å². The largest absolute Gasteiger partial charge is 0.494 e. The van der Waals surface area contributed by atoms with Gasteiger partial charge in [0.1, 0.15) is 11.5 Å². The molecule has 0 fully saturated rings. The first kappa shape index (κ1) is 31.1. The molecule has 0 radical (unpaired) electrons. The van der Waals surface area contributed by atoms with E-state index in [2.05, 4.69) is 13.5 Å². The Bertz CT molecular complexity index is 1260. The molecule has 0 saturated heterocycles. The summed E-state index contributed by atoms with van der Waals surface area (Å²) in [7, 11) is 0. The second-order valence-electron chi connectivity index (χ2n) is 9.76. The van der Waals surface area contributed by atoms with E-state index in [1.54, 1.807) is 48.5 Å². The lowest BCUT2D eigenvalue weighted by atomic mass is 10.0. The van der Waals surface area contributed by atoms with Crippen molar-refractivity contribution < 1.29 is 33.3 Å². The maximum absolute atomic E-state index is 12.6. The minimum Gasteiger partial charge on any atom is -0.494 e. The third-order valence-corrected chi connectivity index (χ3v) is 6.52. The molecule has 0 spiro atoms. The molecule has 7 heteroatoms. The van der Waals surface area contributed by atoms with Crippen LogP contribution in [0, 0.1) is 5.92 Å². The topological polar surface area (TPSA) is 88.1 Å². The van der Waals surface area contributed by atoms with E-state index in [1.807, 2.05) is 31.2 Å². The molecular weight excluding hydrogens is 520 g/mol. The molecule has 0 N–H and O–H groups in total. The third kappa shape index (κ3) is 10.6. The highest BCUT2D eigenvalue weighted by atomic mass is 16.5. The third-order valence-electron chi connectivity index (χ3n) is 6.52. The van der Waals surface area contributed by atoms with Gasteiger partial charge in [0.05, 0.1) is 30.9 Å². The minimum absolute atomic E-state index is 0.323. The highest BCUT2D eigenvalue weighted by Gasteiger charge is 2.11. The molecule has 41 heavy (non-hydrogen) atoms. The fourth-order valence-corrected chi connectivity index (χ4v) is 3.77. The summed E-state index contributed by atoms with van der Waals surface area (Å²) in [6.45, 7) is 8.85. The summed E-state index contributed by atoms with van der Waals surface area (Å²) in [6.07, 6.45) is 5.72. The number of hydrogen-bond acceptors (Lipinski definition) is 7. The normalized spacial score (nSPS) is 11.3. The summed E-state index contributed by atoms with van der Waals surface area (Å²) in [5.74, 6) is 0.275. The van der Waals surface area contributed by atoms with Crippen molar-refractivity contribution in [1.82, 2.24) is 0 Å². The number of carbonyl (C=O) groups excluding carboxylic acids is 3. The van der Waals surface area contributed by atoms with Crippen LogP contribution in [0.3, 0.4) is 0 Å². The van der Waals surface area contributed by atoms with Gasteiger partial charge in [-0.1, -0.05) is 51.1 Å². The molecule has 3 rings (SSSR count). The van der Waals surface area contributed by atoms with Gasteiger partial charge in [0.15, 0.2) is 0 Å². The molecule has 0 aliphatic carbocycles. The molecule has 1 unspecified atom stereocenters. The Morgan fingerprint density at radius 2 is 1.24 bits per heavy atom. The van der Waals surface area contributed by atoms with Crippen LogP contribution in [0.25, 0.3) is 11.1 Å². The van der Waals surface area contributed by atoms with Crippen molar-refractivity contribution in [2.45, 2.75) is 46.0 Å². The van der Waals surface area contributed by atoms with Crippen molar-refractivity contribution >= 4 is 17.9 Å². The summed E-state index contributed by atoms with van der Waals surface area (Å²) in [6, 6.07) is 21.3. The average Bonchev–Trinajstić information content (AvgIpc) is 3.01. The fraction of sp³-hybridized carbons (Fsp3) is 0.324. The van der Waals surface area contributed by atoms with Gasteiger partial charge in [0.25, 0.3) is 0 Å². The van der Waals surface area contributed by atoms with Gasteiger partial charge in [0.2, 0.25) is 0 Å². The van der Waals surface area contributed by atoms with Crippen LogP contribution in [0.2, 0.25) is 0 Å². The molecule has 0 aromatic heterocycles. The predicted molar refractivity (Wildman–Crippen MR) is 158 cm³/mol. The quantitative estimate of drug-likeness (QED) is 0.0781. The smallest absolute Gasteiger partial charge is 0.343 e. The lowest BCUT2D eigenvalue weighted by Gasteiger charge is -2.10. The molecule has 3 aromatic rings. The first-order valence-electron chi connectivity index (χ1n) is 14.0. The summed E-state index contributed by atoms with van der Waals surface area (Å²) < 4.78 is 21.6. The molecule has 0 aliphatic heterocycles.